The molecule has 0 radical (unpaired) electrons. The van der Waals surface area contributed by atoms with Gasteiger partial charge in [0, 0.05) is 11.1 Å². The first-order valence-corrected chi connectivity index (χ1v) is 10.3. The van der Waals surface area contributed by atoms with Crippen LogP contribution in [0.25, 0.3) is 0 Å². The summed E-state index contributed by atoms with van der Waals surface area (Å²) in [6.45, 7) is 1.61. The number of hydrogen-bond donors (Lipinski definition) is 4. The molecule has 3 aromatic carbocycles. The van der Waals surface area contributed by atoms with E-state index in [2.05, 4.69) is 0 Å². The Morgan fingerprint density at radius 3 is 1.35 bits per heavy atom. The Labute approximate surface area is 205 Å². The van der Waals surface area contributed by atoms with Crippen molar-refractivity contribution in [2.45, 2.75) is 18.5 Å². The van der Waals surface area contributed by atoms with E-state index in [0.717, 1.165) is 12.1 Å². The van der Waals surface area contributed by atoms with Crippen molar-refractivity contribution in [3.8, 4) is 11.5 Å². The van der Waals surface area contributed by atoms with Gasteiger partial charge < -0.3 is 25.2 Å². The highest BCUT2D eigenvalue weighted by Crippen LogP contribution is 2.60. The molecule has 0 amide bonds. The first kappa shape index (κ1) is 25.2. The van der Waals surface area contributed by atoms with E-state index < -0.39 is 85.9 Å². The third-order valence-corrected chi connectivity index (χ3v) is 6.10. The fourth-order valence-electron chi connectivity index (χ4n) is 4.47. The van der Waals surface area contributed by atoms with Crippen molar-refractivity contribution in [1.29, 1.82) is 0 Å². The van der Waals surface area contributed by atoms with Gasteiger partial charge in [0.05, 0.1) is 22.3 Å². The SMILES string of the molecule is Cc1ccc(C2(C(F)(F)F)c3cc(C(=O)O)c(C(=O)O)cc3Oc3cc(C(=O)O)c(C(=O)O)cc32)cc1. The molecule has 0 atom stereocenters. The molecule has 3 aromatic rings. The Kier molecular flexibility index (Phi) is 5.70. The molecule has 0 saturated heterocycles. The quantitative estimate of drug-likeness (QED) is 0.374. The van der Waals surface area contributed by atoms with Crippen LogP contribution in [-0.2, 0) is 5.41 Å². The number of hydrogen-bond acceptors (Lipinski definition) is 5. The van der Waals surface area contributed by atoms with Crippen LogP contribution >= 0.6 is 0 Å². The van der Waals surface area contributed by atoms with Crippen molar-refractivity contribution in [1.82, 2.24) is 0 Å². The van der Waals surface area contributed by atoms with Crippen molar-refractivity contribution in [3.63, 3.8) is 0 Å². The summed E-state index contributed by atoms with van der Waals surface area (Å²) in [6.07, 6.45) is -5.28. The predicted molar refractivity (Wildman–Crippen MR) is 118 cm³/mol. The Balaban J connectivity index is 2.27. The van der Waals surface area contributed by atoms with Gasteiger partial charge in [0.1, 0.15) is 16.9 Å². The summed E-state index contributed by atoms with van der Waals surface area (Å²) in [7, 11) is 0. The lowest BCUT2D eigenvalue weighted by Crippen LogP contribution is -2.47. The molecule has 0 aromatic heterocycles. The van der Waals surface area contributed by atoms with Crippen molar-refractivity contribution >= 4 is 23.9 Å². The number of carboxylic acids is 4. The lowest BCUT2D eigenvalue weighted by atomic mass is 9.66. The van der Waals surface area contributed by atoms with Crippen LogP contribution in [0.1, 0.15) is 63.7 Å². The standard InChI is InChI=1S/C25H15F3O9/c1-10-2-4-11(5-3-10)24(25(26,27)28)16-6-12(20(29)30)14(22(33)34)8-18(16)37-19-9-15(23(35)36)13(21(31)32)7-17(19)24/h2-9H,1H3,(H,29,30)(H,31,32)(H,33,34)(H,35,36). The summed E-state index contributed by atoms with van der Waals surface area (Å²) in [4.78, 5) is 47.1. The minimum absolute atomic E-state index is 0.463. The zero-order chi connectivity index (χ0) is 27.4. The zero-order valence-electron chi connectivity index (χ0n) is 18.6. The zero-order valence-corrected chi connectivity index (χ0v) is 18.6. The average Bonchev–Trinajstić information content (AvgIpc) is 2.80. The van der Waals surface area contributed by atoms with Gasteiger partial charge in [-0.05, 0) is 36.8 Å². The van der Waals surface area contributed by atoms with Gasteiger partial charge in [-0.2, -0.15) is 13.2 Å². The Morgan fingerprint density at radius 2 is 1.03 bits per heavy atom. The molecule has 0 aliphatic carbocycles. The Hall–Kier alpha value is -4.87. The maximum Gasteiger partial charge on any atom is 0.406 e. The number of benzene rings is 3. The van der Waals surface area contributed by atoms with Gasteiger partial charge in [-0.25, -0.2) is 19.2 Å². The summed E-state index contributed by atoms with van der Waals surface area (Å²) in [5.41, 5.74) is -8.41. The van der Waals surface area contributed by atoms with Crippen LogP contribution in [0.15, 0.2) is 48.5 Å². The molecule has 0 saturated carbocycles. The summed E-state index contributed by atoms with van der Waals surface area (Å²) >= 11 is 0. The van der Waals surface area contributed by atoms with Crippen LogP contribution < -0.4 is 4.74 Å². The average molecular weight is 516 g/mol. The van der Waals surface area contributed by atoms with Gasteiger partial charge in [0.2, 0.25) is 0 Å². The second-order valence-electron chi connectivity index (χ2n) is 8.22. The second kappa shape index (κ2) is 8.36. The van der Waals surface area contributed by atoms with Crippen molar-refractivity contribution < 1.29 is 57.5 Å². The fourth-order valence-corrected chi connectivity index (χ4v) is 4.47. The van der Waals surface area contributed by atoms with E-state index in [-0.39, 0.29) is 0 Å². The van der Waals surface area contributed by atoms with Gasteiger partial charge in [0.25, 0.3) is 0 Å². The van der Waals surface area contributed by atoms with Crippen LogP contribution in [0.2, 0.25) is 0 Å². The molecule has 0 fully saturated rings. The molecule has 0 unspecified atom stereocenters. The lowest BCUT2D eigenvalue weighted by Gasteiger charge is -2.42. The molecule has 4 N–H and O–H groups in total. The highest BCUT2D eigenvalue weighted by molar-refractivity contribution is 6.04. The third-order valence-electron chi connectivity index (χ3n) is 6.10. The highest BCUT2D eigenvalue weighted by atomic mass is 19.4. The topological polar surface area (TPSA) is 158 Å². The maximum atomic E-state index is 15.3. The molecule has 9 nitrogen and oxygen atoms in total. The van der Waals surface area contributed by atoms with Crippen molar-refractivity contribution in [2.24, 2.45) is 0 Å². The van der Waals surface area contributed by atoms with Crippen molar-refractivity contribution in [2.75, 3.05) is 0 Å². The Morgan fingerprint density at radius 1 is 0.676 bits per heavy atom. The smallest absolute Gasteiger partial charge is 0.406 e. The number of halogens is 3. The van der Waals surface area contributed by atoms with Crippen LogP contribution in [0.5, 0.6) is 11.5 Å². The predicted octanol–water partition coefficient (Wildman–Crippen LogP) is 4.79. The van der Waals surface area contributed by atoms with Crippen LogP contribution in [0.3, 0.4) is 0 Å². The minimum Gasteiger partial charge on any atom is -0.478 e. The first-order valence-electron chi connectivity index (χ1n) is 10.3. The number of fused-ring (bicyclic) bond motifs is 2. The lowest BCUT2D eigenvalue weighted by molar-refractivity contribution is -0.168. The number of rotatable bonds is 5. The number of aryl methyl sites for hydroxylation is 1. The van der Waals surface area contributed by atoms with Gasteiger partial charge in [-0.15, -0.1) is 0 Å². The van der Waals surface area contributed by atoms with Crippen LogP contribution in [0.4, 0.5) is 13.2 Å². The molecule has 37 heavy (non-hydrogen) atoms. The van der Waals surface area contributed by atoms with E-state index in [0.29, 0.717) is 29.8 Å². The first-order chi connectivity index (χ1) is 17.2. The molecule has 1 heterocycles. The molecule has 0 spiro atoms. The number of ether oxygens (including phenoxy) is 1. The van der Waals surface area contributed by atoms with Crippen LogP contribution in [0, 0.1) is 6.92 Å². The number of aromatic carboxylic acids is 4. The molecule has 4 rings (SSSR count). The van der Waals surface area contributed by atoms with Crippen molar-refractivity contribution in [3.05, 3.63) is 93.0 Å². The molecule has 190 valence electrons. The number of carbonyl (C=O) groups is 4. The van der Waals surface area contributed by atoms with Gasteiger partial charge >= 0.3 is 30.1 Å². The van der Waals surface area contributed by atoms with Gasteiger partial charge in [-0.3, -0.25) is 0 Å². The molecule has 1 aliphatic heterocycles. The number of alkyl halides is 3. The molecular formula is C25H15F3O9. The summed E-state index contributed by atoms with van der Waals surface area (Å²) in [5, 5.41) is 38.1. The Bertz CT molecular complexity index is 1420. The fraction of sp³-hybridized carbons (Fsp3) is 0.120. The van der Waals surface area contributed by atoms with E-state index in [1.54, 1.807) is 6.92 Å². The summed E-state index contributed by atoms with van der Waals surface area (Å²) in [5.74, 6) is -8.53. The normalized spacial score (nSPS) is 13.6. The van der Waals surface area contributed by atoms with Gasteiger partial charge in [-0.1, -0.05) is 29.8 Å². The molecule has 1 aliphatic rings. The second-order valence-corrected chi connectivity index (χ2v) is 8.22. The van der Waals surface area contributed by atoms with E-state index >= 15 is 13.2 Å². The molecule has 12 heteroatoms. The van der Waals surface area contributed by atoms with E-state index in [1.165, 1.54) is 12.1 Å². The maximum absolute atomic E-state index is 15.3. The monoisotopic (exact) mass is 516 g/mol. The molecular weight excluding hydrogens is 501 g/mol. The summed E-state index contributed by atoms with van der Waals surface area (Å²) in [6, 6.07) is 7.22. The summed E-state index contributed by atoms with van der Waals surface area (Å²) < 4.78 is 51.5. The van der Waals surface area contributed by atoms with Gasteiger partial charge in [0.15, 0.2) is 0 Å². The number of carboxylic acid groups (broad SMARTS) is 4. The van der Waals surface area contributed by atoms with E-state index in [4.69, 9.17) is 4.74 Å². The largest absolute Gasteiger partial charge is 0.478 e. The van der Waals surface area contributed by atoms with E-state index in [9.17, 15) is 39.6 Å². The third kappa shape index (κ3) is 3.73. The molecule has 0 bridgehead atoms. The van der Waals surface area contributed by atoms with E-state index in [1.807, 2.05) is 0 Å². The highest BCUT2D eigenvalue weighted by Gasteiger charge is 2.62. The van der Waals surface area contributed by atoms with Crippen LogP contribution in [-0.4, -0.2) is 50.5 Å². The minimum atomic E-state index is -5.28.